The van der Waals surface area contributed by atoms with Crippen LogP contribution in [0.2, 0.25) is 0 Å². The number of unbranched alkanes of at least 4 members (excludes halogenated alkanes) is 4. The molecule has 109 heavy (non-hydrogen) atoms. The fourth-order valence-corrected chi connectivity index (χ4v) is 11.8. The van der Waals surface area contributed by atoms with Crippen LogP contribution in [0.5, 0.6) is 0 Å². The summed E-state index contributed by atoms with van der Waals surface area (Å²) in [6.07, 6.45) is 26.7. The van der Waals surface area contributed by atoms with E-state index in [1.807, 2.05) is 123 Å². The molecule has 2 amide bonds. The third-order valence-electron chi connectivity index (χ3n) is 17.5. The van der Waals surface area contributed by atoms with Gasteiger partial charge < -0.3 is 37.3 Å². The highest BCUT2D eigenvalue weighted by molar-refractivity contribution is 7.59. The number of carbonyl (C=O) groups is 2. The molecule has 0 fully saturated rings. The lowest BCUT2D eigenvalue weighted by Crippen LogP contribution is -2.29. The zero-order chi connectivity index (χ0) is 78.7. The average molecular weight is 1490 g/mol. The van der Waals surface area contributed by atoms with E-state index in [-0.39, 0.29) is 24.6 Å². The van der Waals surface area contributed by atoms with Gasteiger partial charge in [0.2, 0.25) is 0 Å². The lowest BCUT2D eigenvalue weighted by molar-refractivity contribution is -0.527. The largest absolute Gasteiger partial charge is 0.519 e. The molecule has 1 aliphatic rings. The number of hydrogen-bond donors (Lipinski definition) is 2. The Labute approximate surface area is 641 Å². The Morgan fingerprint density at radius 1 is 0.550 bits per heavy atom. The lowest BCUT2D eigenvalue weighted by atomic mass is 9.93. The van der Waals surface area contributed by atoms with E-state index in [0.29, 0.717) is 37.6 Å². The molecule has 0 unspecified atom stereocenters. The van der Waals surface area contributed by atoms with Crippen LogP contribution in [0.1, 0.15) is 129 Å². The monoisotopic (exact) mass is 1490 g/mol. The van der Waals surface area contributed by atoms with Crippen LogP contribution in [-0.2, 0) is 33.2 Å². The van der Waals surface area contributed by atoms with Gasteiger partial charge in [-0.25, -0.2) is 14.2 Å². The van der Waals surface area contributed by atoms with Crippen molar-refractivity contribution in [3.8, 4) is 12.1 Å². The first kappa shape index (κ1) is 85.6. The minimum atomic E-state index is -3.11. The number of allylic oxidation sites excluding steroid dienone is 10. The zero-order valence-corrected chi connectivity index (χ0v) is 63.4. The molecule has 8 rings (SSSR count). The van der Waals surface area contributed by atoms with Crippen LogP contribution in [0, 0.1) is 56.3 Å². The Morgan fingerprint density at radius 2 is 0.963 bits per heavy atom. The summed E-state index contributed by atoms with van der Waals surface area (Å²) in [5, 5.41) is 24.7. The second kappa shape index (κ2) is 47.3. The average Bonchev–Trinajstić information content (AvgIpc) is 0.824. The van der Waals surface area contributed by atoms with Crippen LogP contribution in [0.25, 0.3) is 33.0 Å². The molecule has 0 heterocycles. The Kier molecular flexibility index (Phi) is 37.2. The molecule has 21 heteroatoms. The molecule has 0 saturated carbocycles. The van der Waals surface area contributed by atoms with E-state index < -0.39 is 29.5 Å². The van der Waals surface area contributed by atoms with E-state index in [4.69, 9.17) is 35.2 Å². The predicted octanol–water partition coefficient (Wildman–Crippen LogP) is 20.7. The maximum absolute atomic E-state index is 13.0. The van der Waals surface area contributed by atoms with Crippen molar-refractivity contribution in [2.75, 3.05) is 77.8 Å². The van der Waals surface area contributed by atoms with Gasteiger partial charge in [-0.2, -0.15) is 20.2 Å². The standard InChI is InChI=1S/C87H92N10O4.CF3.O3S/c1-9-13-50-94(51-14-10-2)79-44-38-73(39-45-79)83(71-34-30-68(31-35-71)64-96(54-56-100-86(98)92-77-24-19-17-20-25-77)81-48-42-75(66(5)58-81)60-70(62-88)63-89)28-23-29-84(74-40-46-80(47-41-74)95(52-15-11-3)53-16-12-4)72-36-32-69(33-37-72)65-97(55-57-101-87(99)93-78-26-21-18-22-27-78)82-49-43-76(67(6)59-82)61-85(90-7)91-8;2-1(3)4;1-4(2)3/h17-49,58-61H,9-16,50-57,64-65H2,1-6H3,(H-,92,93,98,99);;/q;-1;/p+1. The second-order valence-electron chi connectivity index (χ2n) is 25.3. The summed E-state index contributed by atoms with van der Waals surface area (Å²) < 4.78 is 68.1. The van der Waals surface area contributed by atoms with Crippen LogP contribution >= 0.6 is 0 Å². The third kappa shape index (κ3) is 29.9. The minimum absolute atomic E-state index is 0.00773. The summed E-state index contributed by atoms with van der Waals surface area (Å²) in [5.41, 5.74) is 17.2. The number of hydrogen-bond acceptors (Lipinski definition) is 12. The maximum Gasteiger partial charge on any atom is 0.519 e. The molecule has 0 radical (unpaired) electrons. The number of anilines is 5. The van der Waals surface area contributed by atoms with Crippen molar-refractivity contribution in [2.24, 2.45) is 0 Å². The van der Waals surface area contributed by atoms with E-state index in [1.165, 1.54) is 11.4 Å². The molecular formula is C88H93F3N10O7S. The molecule has 564 valence electrons. The number of nitriles is 2. The van der Waals surface area contributed by atoms with Gasteiger partial charge in [0, 0.05) is 85.7 Å². The highest BCUT2D eigenvalue weighted by Gasteiger charge is 2.19. The predicted molar refractivity (Wildman–Crippen MR) is 432 cm³/mol. The lowest BCUT2D eigenvalue weighted by Gasteiger charge is -2.26. The highest BCUT2D eigenvalue weighted by atomic mass is 32.2. The molecule has 7 aromatic rings. The molecular weight excluding hydrogens is 1400 g/mol. The number of nitrogens with one attached hydrogen (secondary N) is 2. The summed E-state index contributed by atoms with van der Waals surface area (Å²) in [5.74, 6) is -0.00773. The number of para-hydroxylation sites is 2. The number of amides is 2. The molecule has 0 aromatic heterocycles. The van der Waals surface area contributed by atoms with E-state index >= 15 is 0 Å². The van der Waals surface area contributed by atoms with Crippen molar-refractivity contribution in [3.63, 3.8) is 0 Å². The second-order valence-corrected chi connectivity index (χ2v) is 25.7. The molecule has 0 atom stereocenters. The molecule has 0 aliphatic heterocycles. The van der Waals surface area contributed by atoms with Gasteiger partial charge in [0.05, 0.1) is 13.1 Å². The van der Waals surface area contributed by atoms with E-state index in [1.54, 1.807) is 12.2 Å². The van der Waals surface area contributed by atoms with Gasteiger partial charge >= 0.3 is 28.6 Å². The summed E-state index contributed by atoms with van der Waals surface area (Å²) in [6, 6.07) is 60.6. The smallest absolute Gasteiger partial charge is 0.447 e. The fourth-order valence-electron chi connectivity index (χ4n) is 11.8. The van der Waals surface area contributed by atoms with Gasteiger partial charge in [0.1, 0.15) is 57.2 Å². The first-order chi connectivity index (χ1) is 52.8. The van der Waals surface area contributed by atoms with Gasteiger partial charge in [0.25, 0.3) is 0 Å². The first-order valence-electron chi connectivity index (χ1n) is 36.2. The van der Waals surface area contributed by atoms with Gasteiger partial charge in [-0.1, -0.05) is 181 Å². The van der Waals surface area contributed by atoms with Crippen molar-refractivity contribution >= 4 is 80.2 Å². The quantitative estimate of drug-likeness (QED) is 0.0168. The summed E-state index contributed by atoms with van der Waals surface area (Å²) >= 11 is 0. The van der Waals surface area contributed by atoms with E-state index in [9.17, 15) is 33.3 Å². The van der Waals surface area contributed by atoms with Crippen LogP contribution in [0.15, 0.2) is 229 Å². The normalized spacial score (nSPS) is 11.2. The topological polar surface area (TPSA) is 197 Å². The molecule has 0 saturated heterocycles. The Bertz CT molecular complexity index is 4610. The van der Waals surface area contributed by atoms with Gasteiger partial charge in [-0.3, -0.25) is 10.6 Å². The summed E-state index contributed by atoms with van der Waals surface area (Å²) in [7, 11) is -3.11. The molecule has 0 spiro atoms. The van der Waals surface area contributed by atoms with Gasteiger partial charge in [0.15, 0.2) is 12.4 Å². The van der Waals surface area contributed by atoms with Crippen molar-refractivity contribution in [1.29, 1.82) is 10.5 Å². The molecule has 2 N–H and O–H groups in total. The number of rotatable bonds is 34. The fraction of sp³-hybridized carbons (Fsp3) is 0.273. The number of halogens is 3. The summed E-state index contributed by atoms with van der Waals surface area (Å²) in [6.45, 7) is 30.7. The molecule has 0 bridgehead atoms. The molecule has 7 aromatic carbocycles. The van der Waals surface area contributed by atoms with Gasteiger partial charge in [-0.15, -0.1) is 12.6 Å². The summed E-state index contributed by atoms with van der Waals surface area (Å²) in [4.78, 5) is 39.6. The minimum Gasteiger partial charge on any atom is -0.447 e. The maximum atomic E-state index is 13.0. The van der Waals surface area contributed by atoms with Crippen LogP contribution in [0.3, 0.4) is 0 Å². The number of aryl methyl sites for hydroxylation is 2. The zero-order valence-electron chi connectivity index (χ0n) is 62.6. The van der Waals surface area contributed by atoms with Crippen molar-refractivity contribution in [3.05, 3.63) is 309 Å². The van der Waals surface area contributed by atoms with E-state index in [0.717, 1.165) is 156 Å². The third-order valence-corrected chi connectivity index (χ3v) is 17.5. The van der Waals surface area contributed by atoms with Crippen molar-refractivity contribution < 1.29 is 49.4 Å². The Balaban J connectivity index is 0.00000221. The number of nitrogens with zero attached hydrogens (tertiary/aromatic N) is 8. The first-order valence-corrected chi connectivity index (χ1v) is 37.2. The van der Waals surface area contributed by atoms with Gasteiger partial charge in [-0.05, 0) is 172 Å². The van der Waals surface area contributed by atoms with Crippen molar-refractivity contribution in [2.45, 2.75) is 106 Å². The molecule has 17 nitrogen and oxygen atoms in total. The van der Waals surface area contributed by atoms with Crippen molar-refractivity contribution in [1.82, 2.24) is 0 Å². The highest BCUT2D eigenvalue weighted by Crippen LogP contribution is 2.32. The number of carbonyl (C=O) groups excluding carboxylic acids is 2. The Hall–Kier alpha value is -12.3. The molecule has 1 aliphatic carbocycles. The van der Waals surface area contributed by atoms with Crippen LogP contribution in [-0.4, -0.2) is 87.6 Å². The number of ether oxygens (including phenoxy) is 2. The Morgan fingerprint density at radius 3 is 1.38 bits per heavy atom. The SMILES string of the molecule is F[C-](F)F.O=S(=O)=O.[C-]#[N+]C(=Cc1ccc(N(CCOC(=O)Nc2ccccc2)Cc2ccc(/C(=C/C=C/C(=C3C=CC(=[N+](CCCC)CCCC)C=C3)c3ccc(CN(CCOC(=O)Nc4ccccc4)c4ccc(C=C(C#N)C#N)c(C)c4)cc3)c3ccc(N(CCCC)CCCC)cc3)cc2)cc1C)[N+]#[C-]. The number of benzene rings is 7. The van der Waals surface area contributed by atoms with Crippen LogP contribution in [0.4, 0.5) is 51.2 Å². The van der Waals surface area contributed by atoms with Crippen LogP contribution < -0.4 is 25.3 Å². The van der Waals surface area contributed by atoms with E-state index in [2.05, 4.69) is 183 Å².